The van der Waals surface area contributed by atoms with Crippen LogP contribution in [-0.4, -0.2) is 41.1 Å². The highest BCUT2D eigenvalue weighted by molar-refractivity contribution is 5.76. The Labute approximate surface area is 159 Å². The molecule has 8 nitrogen and oxygen atoms in total. The molecule has 0 aromatic carbocycles. The Morgan fingerprint density at radius 2 is 2.07 bits per heavy atom. The highest BCUT2D eigenvalue weighted by Gasteiger charge is 2.26. The lowest BCUT2D eigenvalue weighted by Crippen LogP contribution is -2.46. The summed E-state index contributed by atoms with van der Waals surface area (Å²) in [6.45, 7) is 11.0. The predicted octanol–water partition coefficient (Wildman–Crippen LogP) is 2.10. The van der Waals surface area contributed by atoms with E-state index in [0.29, 0.717) is 25.2 Å². The minimum absolute atomic E-state index is 0.0114. The number of amides is 1. The first-order valence-electron chi connectivity index (χ1n) is 9.16. The molecule has 144 valence electrons. The van der Waals surface area contributed by atoms with Crippen LogP contribution in [0.25, 0.3) is 5.78 Å². The molecule has 1 amide bonds. The molecular weight excluding hydrogens is 342 g/mol. The van der Waals surface area contributed by atoms with Crippen LogP contribution in [0.4, 0.5) is 0 Å². The Kier molecular flexibility index (Phi) is 5.25. The number of fused-ring (bicyclic) bond motifs is 1. The average molecular weight is 369 g/mol. The van der Waals surface area contributed by atoms with Crippen LogP contribution in [0.3, 0.4) is 0 Å². The van der Waals surface area contributed by atoms with Crippen LogP contribution in [0.5, 0.6) is 0 Å². The normalized spacial score (nSPS) is 13.1. The van der Waals surface area contributed by atoms with Crippen LogP contribution < -0.4 is 5.32 Å². The molecule has 8 heteroatoms. The second kappa shape index (κ2) is 7.46. The van der Waals surface area contributed by atoms with Gasteiger partial charge < -0.3 is 9.88 Å². The van der Waals surface area contributed by atoms with Gasteiger partial charge in [-0.05, 0) is 31.2 Å². The molecule has 0 saturated carbocycles. The number of imidazole rings is 1. The van der Waals surface area contributed by atoms with Gasteiger partial charge in [-0.25, -0.2) is 14.5 Å². The fourth-order valence-electron chi connectivity index (χ4n) is 3.16. The van der Waals surface area contributed by atoms with Crippen LogP contribution in [0.15, 0.2) is 25.0 Å². The fraction of sp³-hybridized carbons (Fsp3) is 0.526. The second-order valence-corrected chi connectivity index (χ2v) is 7.98. The number of rotatable bonds is 6. The van der Waals surface area contributed by atoms with Gasteiger partial charge >= 0.3 is 0 Å². The smallest absolute Gasteiger partial charge is 0.252 e. The maximum absolute atomic E-state index is 12.6. The molecule has 0 fully saturated rings. The van der Waals surface area contributed by atoms with Crippen molar-refractivity contribution in [2.24, 2.45) is 5.41 Å². The summed E-state index contributed by atoms with van der Waals surface area (Å²) in [6, 6.07) is 0.0114. The van der Waals surface area contributed by atoms with Gasteiger partial charge in [0.05, 0.1) is 12.4 Å². The van der Waals surface area contributed by atoms with E-state index >= 15 is 0 Å². The Balaban J connectivity index is 1.68. The number of carbonyl (C=O) groups excluding carboxylic acids is 1. The molecule has 27 heavy (non-hydrogen) atoms. The van der Waals surface area contributed by atoms with Crippen molar-refractivity contribution in [1.82, 2.24) is 34.4 Å². The fourth-order valence-corrected chi connectivity index (χ4v) is 3.16. The molecule has 0 saturated heterocycles. The van der Waals surface area contributed by atoms with Gasteiger partial charge in [-0.1, -0.05) is 20.8 Å². The van der Waals surface area contributed by atoms with E-state index in [4.69, 9.17) is 0 Å². The van der Waals surface area contributed by atoms with Gasteiger partial charge in [0.15, 0.2) is 0 Å². The lowest BCUT2D eigenvalue weighted by atomic mass is 9.86. The van der Waals surface area contributed by atoms with E-state index in [1.807, 2.05) is 24.6 Å². The monoisotopic (exact) mass is 369 g/mol. The lowest BCUT2D eigenvalue weighted by Gasteiger charge is -2.32. The topological polar surface area (TPSA) is 90.0 Å². The summed E-state index contributed by atoms with van der Waals surface area (Å²) < 4.78 is 3.71. The van der Waals surface area contributed by atoms with Crippen LogP contribution in [0.1, 0.15) is 44.1 Å². The summed E-state index contributed by atoms with van der Waals surface area (Å²) in [6.07, 6.45) is 7.96. The summed E-state index contributed by atoms with van der Waals surface area (Å²) in [5.41, 5.74) is 2.86. The zero-order valence-corrected chi connectivity index (χ0v) is 16.6. The molecule has 0 aliphatic carbocycles. The minimum Gasteiger partial charge on any atom is -0.351 e. The van der Waals surface area contributed by atoms with Gasteiger partial charge in [-0.3, -0.25) is 4.79 Å². The third kappa shape index (κ3) is 4.32. The van der Waals surface area contributed by atoms with Gasteiger partial charge in [0.1, 0.15) is 6.33 Å². The Morgan fingerprint density at radius 3 is 2.74 bits per heavy atom. The van der Waals surface area contributed by atoms with Crippen molar-refractivity contribution in [3.05, 3.63) is 42.0 Å². The zero-order valence-electron chi connectivity index (χ0n) is 16.6. The van der Waals surface area contributed by atoms with E-state index in [1.54, 1.807) is 17.0 Å². The standard InChI is InChI=1S/C19H27N7O/c1-13-15(14(2)26-18(23-13)21-11-22-26)6-7-17(27)24-16(19(3,4)5)10-25-9-8-20-12-25/h8-9,11-12,16H,6-7,10H2,1-5H3,(H,24,27)/t16-/m0/s1. The quantitative estimate of drug-likeness (QED) is 0.719. The molecule has 3 aromatic rings. The largest absolute Gasteiger partial charge is 0.351 e. The number of aryl methyl sites for hydroxylation is 2. The van der Waals surface area contributed by atoms with E-state index in [2.05, 4.69) is 46.1 Å². The highest BCUT2D eigenvalue weighted by Crippen LogP contribution is 2.21. The maximum atomic E-state index is 12.6. The van der Waals surface area contributed by atoms with Gasteiger partial charge in [-0.2, -0.15) is 10.1 Å². The molecular formula is C19H27N7O. The lowest BCUT2D eigenvalue weighted by molar-refractivity contribution is -0.122. The summed E-state index contributed by atoms with van der Waals surface area (Å²) in [4.78, 5) is 25.3. The Bertz CT molecular complexity index is 922. The maximum Gasteiger partial charge on any atom is 0.252 e. The molecule has 3 heterocycles. The van der Waals surface area contributed by atoms with Crippen LogP contribution in [0.2, 0.25) is 0 Å². The molecule has 0 unspecified atom stereocenters. The predicted molar refractivity (Wildman–Crippen MR) is 102 cm³/mol. The van der Waals surface area contributed by atoms with E-state index in [-0.39, 0.29) is 17.4 Å². The van der Waals surface area contributed by atoms with Crippen molar-refractivity contribution < 1.29 is 4.79 Å². The van der Waals surface area contributed by atoms with Gasteiger partial charge in [-0.15, -0.1) is 0 Å². The molecule has 3 aromatic heterocycles. The van der Waals surface area contributed by atoms with Crippen molar-refractivity contribution >= 4 is 11.7 Å². The number of carbonyl (C=O) groups is 1. The molecule has 0 bridgehead atoms. The number of hydrogen-bond acceptors (Lipinski definition) is 5. The van der Waals surface area contributed by atoms with Crippen LogP contribution >= 0.6 is 0 Å². The van der Waals surface area contributed by atoms with Crippen molar-refractivity contribution in [3.8, 4) is 0 Å². The molecule has 1 atom stereocenters. The first-order valence-corrected chi connectivity index (χ1v) is 9.16. The third-order valence-electron chi connectivity index (χ3n) is 4.92. The van der Waals surface area contributed by atoms with Gasteiger partial charge in [0.2, 0.25) is 5.91 Å². The van der Waals surface area contributed by atoms with Crippen molar-refractivity contribution in [2.75, 3.05) is 0 Å². The summed E-state index contributed by atoms with van der Waals surface area (Å²) in [5, 5.41) is 7.40. The number of nitrogens with one attached hydrogen (secondary N) is 1. The molecule has 3 rings (SSSR count). The summed E-state index contributed by atoms with van der Waals surface area (Å²) >= 11 is 0. The molecule has 0 spiro atoms. The first kappa shape index (κ1) is 19.0. The van der Waals surface area contributed by atoms with Crippen molar-refractivity contribution in [1.29, 1.82) is 0 Å². The third-order valence-corrected chi connectivity index (χ3v) is 4.92. The number of hydrogen-bond donors (Lipinski definition) is 1. The Morgan fingerprint density at radius 1 is 1.30 bits per heavy atom. The van der Waals surface area contributed by atoms with Crippen LogP contribution in [-0.2, 0) is 17.8 Å². The number of aromatic nitrogens is 6. The molecule has 1 N–H and O–H groups in total. The molecule has 0 aliphatic rings. The molecule has 0 aliphatic heterocycles. The van der Waals surface area contributed by atoms with E-state index in [1.165, 1.54) is 6.33 Å². The second-order valence-electron chi connectivity index (χ2n) is 7.98. The SMILES string of the molecule is Cc1nc2ncnn2c(C)c1CCC(=O)N[C@@H](Cn1ccnc1)C(C)(C)C. The zero-order chi connectivity index (χ0) is 19.6. The summed E-state index contributed by atoms with van der Waals surface area (Å²) in [5.74, 6) is 0.624. The number of nitrogens with zero attached hydrogens (tertiary/aromatic N) is 6. The Hall–Kier alpha value is -2.77. The van der Waals surface area contributed by atoms with Crippen molar-refractivity contribution in [3.63, 3.8) is 0 Å². The van der Waals surface area contributed by atoms with Gasteiger partial charge in [0.25, 0.3) is 5.78 Å². The first-order chi connectivity index (χ1) is 12.8. The minimum atomic E-state index is -0.0625. The van der Waals surface area contributed by atoms with E-state index in [0.717, 1.165) is 17.0 Å². The van der Waals surface area contributed by atoms with E-state index < -0.39 is 0 Å². The van der Waals surface area contributed by atoms with E-state index in [9.17, 15) is 4.79 Å². The van der Waals surface area contributed by atoms with Crippen LogP contribution in [0, 0.1) is 19.3 Å². The average Bonchev–Trinajstić information content (AvgIpc) is 3.24. The summed E-state index contributed by atoms with van der Waals surface area (Å²) in [7, 11) is 0. The highest BCUT2D eigenvalue weighted by atomic mass is 16.1. The van der Waals surface area contributed by atoms with Crippen molar-refractivity contribution in [2.45, 2.75) is 60.0 Å². The van der Waals surface area contributed by atoms with Gasteiger partial charge in [0, 0.05) is 36.7 Å². The molecule has 0 radical (unpaired) electrons.